The molecule has 5 nitrogen and oxygen atoms in total. The smallest absolute Gasteiger partial charge is 0.408 e. The van der Waals surface area contributed by atoms with Gasteiger partial charge in [0.1, 0.15) is 11.6 Å². The summed E-state index contributed by atoms with van der Waals surface area (Å²) in [6, 6.07) is 13.4. The van der Waals surface area contributed by atoms with Crippen LogP contribution < -0.4 is 10.6 Å². The molecule has 146 valence electrons. The van der Waals surface area contributed by atoms with Crippen molar-refractivity contribution in [3.05, 3.63) is 48.0 Å². The molecule has 0 bridgehead atoms. The molecule has 0 spiro atoms. The van der Waals surface area contributed by atoms with E-state index in [9.17, 15) is 9.59 Å². The zero-order chi connectivity index (χ0) is 20.2. The molecule has 2 rings (SSSR count). The van der Waals surface area contributed by atoms with Crippen LogP contribution in [0.25, 0.3) is 10.8 Å². The Bertz CT molecular complexity index is 809. The highest BCUT2D eigenvalue weighted by Gasteiger charge is 2.27. The van der Waals surface area contributed by atoms with E-state index in [2.05, 4.69) is 22.8 Å². The number of hydrogen-bond acceptors (Lipinski definition) is 3. The first-order valence-corrected chi connectivity index (χ1v) is 9.35. The third kappa shape index (κ3) is 5.98. The Balaban J connectivity index is 2.07. The van der Waals surface area contributed by atoms with Crippen molar-refractivity contribution in [1.29, 1.82) is 0 Å². The third-order valence-corrected chi connectivity index (χ3v) is 4.25. The van der Waals surface area contributed by atoms with E-state index < -0.39 is 17.7 Å². The monoisotopic (exact) mass is 370 g/mol. The predicted molar refractivity (Wildman–Crippen MR) is 109 cm³/mol. The fourth-order valence-corrected chi connectivity index (χ4v) is 2.83. The molecule has 0 radical (unpaired) electrons. The molecule has 1 unspecified atom stereocenters. The van der Waals surface area contributed by atoms with E-state index in [4.69, 9.17) is 4.74 Å². The number of carbonyl (C=O) groups excluding carboxylic acids is 2. The van der Waals surface area contributed by atoms with Gasteiger partial charge < -0.3 is 15.4 Å². The SMILES string of the molecule is CC(NC(=O)[C@H](NC(=O)OC(C)(C)C)C(C)C)c1ccc2ccccc2c1. The average molecular weight is 370 g/mol. The second-order valence-electron chi connectivity index (χ2n) is 8.20. The molecule has 27 heavy (non-hydrogen) atoms. The first-order chi connectivity index (χ1) is 12.6. The van der Waals surface area contributed by atoms with Crippen molar-refractivity contribution in [2.45, 2.75) is 59.2 Å². The summed E-state index contributed by atoms with van der Waals surface area (Å²) in [5.41, 5.74) is 0.405. The van der Waals surface area contributed by atoms with Gasteiger partial charge in [-0.05, 0) is 56.0 Å². The number of carbonyl (C=O) groups is 2. The standard InChI is InChI=1S/C22H30N2O3/c1-14(2)19(24-21(26)27-22(4,5)6)20(25)23-15(3)17-12-11-16-9-7-8-10-18(16)13-17/h7-15,19H,1-6H3,(H,23,25)(H,24,26)/t15?,19-/m1/s1. The van der Waals surface area contributed by atoms with Crippen molar-refractivity contribution in [3.8, 4) is 0 Å². The Morgan fingerprint density at radius 2 is 1.56 bits per heavy atom. The largest absolute Gasteiger partial charge is 0.444 e. The van der Waals surface area contributed by atoms with Crippen LogP contribution in [-0.2, 0) is 9.53 Å². The van der Waals surface area contributed by atoms with Crippen molar-refractivity contribution in [1.82, 2.24) is 10.6 Å². The van der Waals surface area contributed by atoms with Crippen LogP contribution in [0.15, 0.2) is 42.5 Å². The highest BCUT2D eigenvalue weighted by atomic mass is 16.6. The van der Waals surface area contributed by atoms with Gasteiger partial charge in [0.25, 0.3) is 0 Å². The molecular weight excluding hydrogens is 340 g/mol. The highest BCUT2D eigenvalue weighted by Crippen LogP contribution is 2.20. The van der Waals surface area contributed by atoms with Gasteiger partial charge in [0.2, 0.25) is 5.91 Å². The van der Waals surface area contributed by atoms with E-state index in [0.717, 1.165) is 16.3 Å². The predicted octanol–water partition coefficient (Wildman–Crippen LogP) is 4.57. The number of rotatable bonds is 5. The third-order valence-electron chi connectivity index (χ3n) is 4.25. The minimum Gasteiger partial charge on any atom is -0.444 e. The van der Waals surface area contributed by atoms with Crippen molar-refractivity contribution in [3.63, 3.8) is 0 Å². The van der Waals surface area contributed by atoms with Crippen LogP contribution in [0.3, 0.4) is 0 Å². The number of nitrogens with one attached hydrogen (secondary N) is 2. The van der Waals surface area contributed by atoms with Gasteiger partial charge >= 0.3 is 6.09 Å². The summed E-state index contributed by atoms with van der Waals surface area (Å²) in [5.74, 6) is -0.294. The van der Waals surface area contributed by atoms with E-state index in [-0.39, 0.29) is 17.9 Å². The zero-order valence-corrected chi connectivity index (χ0v) is 17.0. The second kappa shape index (κ2) is 8.42. The van der Waals surface area contributed by atoms with Gasteiger partial charge in [0.05, 0.1) is 6.04 Å². The number of hydrogen-bond donors (Lipinski definition) is 2. The van der Waals surface area contributed by atoms with Crippen LogP contribution in [0.1, 0.15) is 53.1 Å². The lowest BCUT2D eigenvalue weighted by molar-refractivity contribution is -0.124. The summed E-state index contributed by atoms with van der Waals surface area (Å²) in [5, 5.41) is 7.97. The first-order valence-electron chi connectivity index (χ1n) is 9.35. The van der Waals surface area contributed by atoms with Gasteiger partial charge in [0, 0.05) is 0 Å². The van der Waals surface area contributed by atoms with Crippen LogP contribution in [0, 0.1) is 5.92 Å². The zero-order valence-electron chi connectivity index (χ0n) is 17.0. The molecule has 0 aliphatic rings. The minimum atomic E-state index is -0.664. The van der Waals surface area contributed by atoms with Gasteiger partial charge in [0.15, 0.2) is 0 Å². The first kappa shape index (κ1) is 20.7. The van der Waals surface area contributed by atoms with Gasteiger partial charge in [-0.25, -0.2) is 4.79 Å². The maximum atomic E-state index is 12.8. The van der Waals surface area contributed by atoms with Gasteiger partial charge in [-0.2, -0.15) is 0 Å². The topological polar surface area (TPSA) is 67.4 Å². The van der Waals surface area contributed by atoms with Crippen molar-refractivity contribution < 1.29 is 14.3 Å². The van der Waals surface area contributed by atoms with E-state index >= 15 is 0 Å². The summed E-state index contributed by atoms with van der Waals surface area (Å²) in [6.45, 7) is 11.1. The van der Waals surface area contributed by atoms with Crippen molar-refractivity contribution in [2.24, 2.45) is 5.92 Å². The molecule has 2 aromatic rings. The van der Waals surface area contributed by atoms with E-state index in [0.29, 0.717) is 0 Å². The second-order valence-corrected chi connectivity index (χ2v) is 8.20. The molecule has 0 aliphatic carbocycles. The number of alkyl carbamates (subject to hydrolysis) is 1. The minimum absolute atomic E-state index is 0.0682. The lowest BCUT2D eigenvalue weighted by atomic mass is 10.0. The fourth-order valence-electron chi connectivity index (χ4n) is 2.83. The molecule has 5 heteroatoms. The molecule has 0 heterocycles. The van der Waals surface area contributed by atoms with Gasteiger partial charge in [-0.3, -0.25) is 4.79 Å². The maximum Gasteiger partial charge on any atom is 0.408 e. The number of ether oxygens (including phenoxy) is 1. The molecule has 2 N–H and O–H groups in total. The molecule has 0 fully saturated rings. The summed E-state index contributed by atoms with van der Waals surface area (Å²) < 4.78 is 5.28. The lowest BCUT2D eigenvalue weighted by Crippen LogP contribution is -2.51. The highest BCUT2D eigenvalue weighted by molar-refractivity contribution is 5.87. The van der Waals surface area contributed by atoms with E-state index in [1.807, 2.05) is 51.1 Å². The molecule has 2 atom stereocenters. The Kier molecular flexibility index (Phi) is 6.47. The molecule has 0 aromatic heterocycles. The van der Waals surface area contributed by atoms with E-state index in [1.54, 1.807) is 20.8 Å². The van der Waals surface area contributed by atoms with Crippen LogP contribution >= 0.6 is 0 Å². The van der Waals surface area contributed by atoms with Crippen LogP contribution in [-0.4, -0.2) is 23.6 Å². The summed E-state index contributed by atoms with van der Waals surface area (Å²) in [7, 11) is 0. The molecule has 2 aromatic carbocycles. The van der Waals surface area contributed by atoms with Crippen molar-refractivity contribution in [2.75, 3.05) is 0 Å². The Labute approximate surface area is 161 Å². The van der Waals surface area contributed by atoms with E-state index in [1.165, 1.54) is 0 Å². The Morgan fingerprint density at radius 1 is 0.926 bits per heavy atom. The fraction of sp³-hybridized carbons (Fsp3) is 0.455. The normalized spacial score (nSPS) is 13.9. The maximum absolute atomic E-state index is 12.8. The van der Waals surface area contributed by atoms with Crippen LogP contribution in [0.5, 0.6) is 0 Å². The Hall–Kier alpha value is -2.56. The van der Waals surface area contributed by atoms with Gasteiger partial charge in [-0.15, -0.1) is 0 Å². The van der Waals surface area contributed by atoms with Crippen molar-refractivity contribution >= 4 is 22.8 Å². The number of fused-ring (bicyclic) bond motifs is 1. The quantitative estimate of drug-likeness (QED) is 0.810. The number of benzene rings is 2. The molecule has 0 saturated carbocycles. The van der Waals surface area contributed by atoms with Crippen LogP contribution in [0.2, 0.25) is 0 Å². The molecular formula is C22H30N2O3. The molecule has 0 aliphatic heterocycles. The summed E-state index contributed by atoms with van der Waals surface area (Å²) in [4.78, 5) is 24.8. The van der Waals surface area contributed by atoms with Crippen LogP contribution in [0.4, 0.5) is 4.79 Å². The Morgan fingerprint density at radius 3 is 2.15 bits per heavy atom. The molecule has 2 amide bonds. The van der Waals surface area contributed by atoms with Gasteiger partial charge in [-0.1, -0.05) is 50.2 Å². The lowest BCUT2D eigenvalue weighted by Gasteiger charge is -2.26. The average Bonchev–Trinajstić information content (AvgIpc) is 2.57. The summed E-state index contributed by atoms with van der Waals surface area (Å²) >= 11 is 0. The number of amides is 2. The summed E-state index contributed by atoms with van der Waals surface area (Å²) in [6.07, 6.45) is -0.588. The molecule has 0 saturated heterocycles.